The van der Waals surface area contributed by atoms with Crippen molar-refractivity contribution < 1.29 is 24.2 Å². The molecule has 2 N–H and O–H groups in total. The van der Waals surface area contributed by atoms with E-state index in [-0.39, 0.29) is 24.8 Å². The van der Waals surface area contributed by atoms with Crippen LogP contribution in [0.2, 0.25) is 0 Å². The van der Waals surface area contributed by atoms with Crippen LogP contribution in [0.4, 0.5) is 0 Å². The molecule has 0 bridgehead atoms. The first-order valence-electron chi connectivity index (χ1n) is 11.8. The molecule has 2 fully saturated rings. The number of nitrogens with zero attached hydrogens (tertiary/aromatic N) is 2. The number of aliphatic hydroxyl groups excluding tert-OH is 1. The van der Waals surface area contributed by atoms with E-state index in [9.17, 15) is 19.5 Å². The summed E-state index contributed by atoms with van der Waals surface area (Å²) in [7, 11) is 0. The second-order valence-corrected chi connectivity index (χ2v) is 9.80. The van der Waals surface area contributed by atoms with Gasteiger partial charge in [-0.2, -0.15) is 0 Å². The van der Waals surface area contributed by atoms with E-state index in [0.29, 0.717) is 30.9 Å². The molecule has 6 rings (SSSR count). The van der Waals surface area contributed by atoms with Gasteiger partial charge < -0.3 is 14.7 Å². The normalized spacial score (nSPS) is 28.6. The lowest BCUT2D eigenvalue weighted by Gasteiger charge is -2.42. The van der Waals surface area contributed by atoms with Crippen LogP contribution >= 0.6 is 0 Å². The highest BCUT2D eigenvalue weighted by molar-refractivity contribution is 6.05. The van der Waals surface area contributed by atoms with Gasteiger partial charge in [0, 0.05) is 36.2 Å². The van der Waals surface area contributed by atoms with Gasteiger partial charge in [0.1, 0.15) is 18.4 Å². The number of nitrogens with one attached hydrogen (secondary N) is 1. The number of rotatable bonds is 3. The smallest absolute Gasteiger partial charge is 0.255 e. The lowest BCUT2D eigenvalue weighted by Crippen LogP contribution is -2.54. The molecule has 8 nitrogen and oxygen atoms in total. The topological polar surface area (TPSA) is 99.2 Å². The number of piperidine rings is 2. The molecule has 0 aliphatic carbocycles. The van der Waals surface area contributed by atoms with Crippen molar-refractivity contribution in [2.75, 3.05) is 19.7 Å². The Kier molecular flexibility index (Phi) is 4.97. The standard InChI is InChI=1S/C26H27N3O5/c30-21-14-28(12-16-4-2-1-3-5-16)11-10-26(21)15-34-23-18-13-29(20-8-9-22(31)27-24(20)32)25(33)17(18)6-7-19(23)26/h1-7,20-21,30H,8-15H2,(H,27,31,32). The number of benzene rings is 2. The minimum atomic E-state index is -0.657. The minimum Gasteiger partial charge on any atom is -0.492 e. The van der Waals surface area contributed by atoms with Crippen molar-refractivity contribution in [1.29, 1.82) is 0 Å². The predicted molar refractivity (Wildman–Crippen MR) is 122 cm³/mol. The van der Waals surface area contributed by atoms with Crippen LogP contribution < -0.4 is 10.1 Å². The van der Waals surface area contributed by atoms with E-state index in [2.05, 4.69) is 22.3 Å². The lowest BCUT2D eigenvalue weighted by atomic mass is 9.71. The lowest BCUT2D eigenvalue weighted by molar-refractivity contribution is -0.136. The Hall–Kier alpha value is -3.23. The molecule has 176 valence electrons. The van der Waals surface area contributed by atoms with E-state index >= 15 is 0 Å². The van der Waals surface area contributed by atoms with Gasteiger partial charge in [0.25, 0.3) is 5.91 Å². The van der Waals surface area contributed by atoms with Gasteiger partial charge in [-0.3, -0.25) is 24.6 Å². The molecular weight excluding hydrogens is 434 g/mol. The highest BCUT2D eigenvalue weighted by atomic mass is 16.5. The number of β-amino-alcohol motifs (C(OH)–C–C–N with tert-alkyl or cyclic N) is 1. The predicted octanol–water partition coefficient (Wildman–Crippen LogP) is 1.34. The number of carbonyl (C=O) groups excluding carboxylic acids is 3. The van der Waals surface area contributed by atoms with E-state index in [4.69, 9.17) is 4.74 Å². The minimum absolute atomic E-state index is 0.213. The Bertz CT molecular complexity index is 1180. The van der Waals surface area contributed by atoms with Crippen molar-refractivity contribution in [3.8, 4) is 5.75 Å². The van der Waals surface area contributed by atoms with E-state index < -0.39 is 23.5 Å². The number of aliphatic hydroxyl groups is 1. The summed E-state index contributed by atoms with van der Waals surface area (Å²) in [6, 6.07) is 13.3. The Morgan fingerprint density at radius 1 is 1.12 bits per heavy atom. The number of imide groups is 1. The summed E-state index contributed by atoms with van der Waals surface area (Å²) < 4.78 is 6.17. The number of hydrogen-bond acceptors (Lipinski definition) is 6. The first-order chi connectivity index (χ1) is 16.5. The Labute approximate surface area is 197 Å². The SMILES string of the molecule is O=C1CCC(N2Cc3c(ccc4c3OCC43CCN(Cc4ccccc4)CC3O)C2=O)C(=O)N1. The van der Waals surface area contributed by atoms with Crippen LogP contribution in [0, 0.1) is 0 Å². The number of fused-ring (bicyclic) bond motifs is 4. The molecule has 0 saturated carbocycles. The molecule has 3 unspecified atom stereocenters. The van der Waals surface area contributed by atoms with Crippen LogP contribution in [0.1, 0.15) is 46.3 Å². The molecule has 3 amide bonds. The van der Waals surface area contributed by atoms with Crippen LogP contribution in [-0.4, -0.2) is 64.5 Å². The van der Waals surface area contributed by atoms with Gasteiger partial charge >= 0.3 is 0 Å². The zero-order valence-electron chi connectivity index (χ0n) is 18.8. The summed E-state index contributed by atoms with van der Waals surface area (Å²) in [6.07, 6.45) is 0.720. The first-order valence-corrected chi connectivity index (χ1v) is 11.8. The largest absolute Gasteiger partial charge is 0.492 e. The van der Waals surface area contributed by atoms with Gasteiger partial charge in [-0.05, 0) is 31.0 Å². The maximum absolute atomic E-state index is 13.1. The second kappa shape index (κ2) is 7.92. The first kappa shape index (κ1) is 21.3. The summed E-state index contributed by atoms with van der Waals surface area (Å²) in [5.74, 6) is -0.261. The van der Waals surface area contributed by atoms with Crippen LogP contribution in [0.25, 0.3) is 0 Å². The fraction of sp³-hybridized carbons (Fsp3) is 0.423. The molecule has 4 heterocycles. The van der Waals surface area contributed by atoms with E-state index in [1.165, 1.54) is 5.56 Å². The summed E-state index contributed by atoms with van der Waals surface area (Å²) >= 11 is 0. The van der Waals surface area contributed by atoms with E-state index in [1.807, 2.05) is 30.3 Å². The molecular formula is C26H27N3O5. The zero-order chi connectivity index (χ0) is 23.4. The van der Waals surface area contributed by atoms with Crippen molar-refractivity contribution in [2.45, 2.75) is 49.9 Å². The highest BCUT2D eigenvalue weighted by Gasteiger charge is 2.51. The molecule has 0 radical (unpaired) electrons. The van der Waals surface area contributed by atoms with Gasteiger partial charge in [0.2, 0.25) is 11.8 Å². The number of likely N-dealkylation sites (tertiary alicyclic amines) is 1. The summed E-state index contributed by atoms with van der Waals surface area (Å²) in [5.41, 5.74) is 3.00. The maximum atomic E-state index is 13.1. The third-order valence-corrected chi connectivity index (χ3v) is 7.87. The molecule has 2 saturated heterocycles. The third kappa shape index (κ3) is 3.24. The summed E-state index contributed by atoms with van der Waals surface area (Å²) in [6.45, 7) is 2.84. The average Bonchev–Trinajstić information content (AvgIpc) is 3.36. The Morgan fingerprint density at radius 3 is 2.71 bits per heavy atom. The van der Waals surface area contributed by atoms with Gasteiger partial charge in [0.05, 0.1) is 18.1 Å². The van der Waals surface area contributed by atoms with Gasteiger partial charge in [0.15, 0.2) is 0 Å². The number of amides is 3. The van der Waals surface area contributed by atoms with E-state index in [0.717, 1.165) is 30.6 Å². The van der Waals surface area contributed by atoms with Crippen molar-refractivity contribution in [3.63, 3.8) is 0 Å². The molecule has 8 heteroatoms. The van der Waals surface area contributed by atoms with Crippen LogP contribution in [-0.2, 0) is 28.1 Å². The summed E-state index contributed by atoms with van der Waals surface area (Å²) in [5, 5.41) is 13.6. The fourth-order valence-electron chi connectivity index (χ4n) is 5.95. The second-order valence-electron chi connectivity index (χ2n) is 9.80. The average molecular weight is 462 g/mol. The van der Waals surface area contributed by atoms with Crippen molar-refractivity contribution >= 4 is 17.7 Å². The maximum Gasteiger partial charge on any atom is 0.255 e. The highest BCUT2D eigenvalue weighted by Crippen LogP contribution is 2.49. The molecule has 2 aromatic rings. The molecule has 1 spiro atoms. The summed E-state index contributed by atoms with van der Waals surface area (Å²) in [4.78, 5) is 40.8. The van der Waals surface area contributed by atoms with Crippen molar-refractivity contribution in [1.82, 2.24) is 15.1 Å². The molecule has 34 heavy (non-hydrogen) atoms. The number of carbonyl (C=O) groups is 3. The Morgan fingerprint density at radius 2 is 1.94 bits per heavy atom. The fourth-order valence-corrected chi connectivity index (χ4v) is 5.95. The number of ether oxygens (including phenoxy) is 1. The monoisotopic (exact) mass is 461 g/mol. The molecule has 4 aliphatic heterocycles. The van der Waals surface area contributed by atoms with Gasteiger partial charge in [-0.25, -0.2) is 0 Å². The zero-order valence-corrected chi connectivity index (χ0v) is 18.8. The molecule has 3 atom stereocenters. The Balaban J connectivity index is 1.24. The molecule has 2 aromatic carbocycles. The van der Waals surface area contributed by atoms with E-state index in [1.54, 1.807) is 4.90 Å². The van der Waals surface area contributed by atoms with Crippen LogP contribution in [0.5, 0.6) is 5.75 Å². The van der Waals surface area contributed by atoms with Crippen LogP contribution in [0.3, 0.4) is 0 Å². The van der Waals surface area contributed by atoms with Crippen molar-refractivity contribution in [3.05, 3.63) is 64.7 Å². The molecule has 4 aliphatic rings. The number of hydrogen-bond donors (Lipinski definition) is 2. The van der Waals surface area contributed by atoms with Crippen LogP contribution in [0.15, 0.2) is 42.5 Å². The quantitative estimate of drug-likeness (QED) is 0.670. The molecule has 0 aromatic heterocycles. The van der Waals surface area contributed by atoms with Gasteiger partial charge in [-0.15, -0.1) is 0 Å². The third-order valence-electron chi connectivity index (χ3n) is 7.87. The van der Waals surface area contributed by atoms with Crippen molar-refractivity contribution in [2.24, 2.45) is 0 Å². The van der Waals surface area contributed by atoms with Gasteiger partial charge in [-0.1, -0.05) is 36.4 Å².